The molecular formula is C13H19N3O3S. The monoisotopic (exact) mass is 297 g/mol. The molecule has 7 heteroatoms. The first kappa shape index (κ1) is 14.6. The van der Waals surface area contributed by atoms with Crippen molar-refractivity contribution in [1.82, 2.24) is 5.32 Å². The van der Waals surface area contributed by atoms with Crippen molar-refractivity contribution in [3.8, 4) is 0 Å². The van der Waals surface area contributed by atoms with Crippen molar-refractivity contribution >= 4 is 33.9 Å². The van der Waals surface area contributed by atoms with Crippen LogP contribution in [0.25, 0.3) is 0 Å². The number of rotatable bonds is 6. The average Bonchev–Trinajstić information content (AvgIpc) is 3.19. The Hall–Kier alpha value is -1.76. The van der Waals surface area contributed by atoms with Crippen LogP contribution in [0.4, 0.5) is 10.7 Å². The van der Waals surface area contributed by atoms with Gasteiger partial charge in [-0.3, -0.25) is 4.79 Å². The number of hydrogen-bond acceptors (Lipinski definition) is 6. The van der Waals surface area contributed by atoms with Gasteiger partial charge in [-0.05, 0) is 25.7 Å². The quantitative estimate of drug-likeness (QED) is 0.695. The van der Waals surface area contributed by atoms with Crippen molar-refractivity contribution in [2.45, 2.75) is 19.8 Å². The second kappa shape index (κ2) is 6.13. The molecule has 1 heterocycles. The minimum Gasteiger partial charge on any atom is -0.462 e. The number of thiophene rings is 1. The Bertz CT molecular complexity index is 523. The van der Waals surface area contributed by atoms with Crippen LogP contribution in [0.5, 0.6) is 0 Å². The number of nitrogens with one attached hydrogen (secondary N) is 2. The molecule has 1 fully saturated rings. The molecule has 0 unspecified atom stereocenters. The van der Waals surface area contributed by atoms with Crippen molar-refractivity contribution in [2.75, 3.05) is 31.2 Å². The molecule has 0 aromatic carbocycles. The fraction of sp³-hybridized carbons (Fsp3) is 0.538. The predicted octanol–water partition coefficient (Wildman–Crippen LogP) is 1.69. The highest BCUT2D eigenvalue weighted by molar-refractivity contribution is 7.19. The molecule has 1 aromatic heterocycles. The molecular weight excluding hydrogens is 278 g/mol. The van der Waals surface area contributed by atoms with E-state index >= 15 is 0 Å². The lowest BCUT2D eigenvalue weighted by Gasteiger charge is -2.06. The van der Waals surface area contributed by atoms with Crippen molar-refractivity contribution in [3.63, 3.8) is 0 Å². The van der Waals surface area contributed by atoms with E-state index in [0.717, 1.165) is 6.54 Å². The van der Waals surface area contributed by atoms with Crippen LogP contribution in [0.3, 0.4) is 0 Å². The Morgan fingerprint density at radius 2 is 2.15 bits per heavy atom. The third-order valence-corrected chi connectivity index (χ3v) is 4.27. The van der Waals surface area contributed by atoms with Gasteiger partial charge in [0.1, 0.15) is 15.4 Å². The van der Waals surface area contributed by atoms with Crippen LogP contribution in [0.15, 0.2) is 0 Å². The highest BCUT2D eigenvalue weighted by atomic mass is 32.1. The third kappa shape index (κ3) is 3.04. The van der Waals surface area contributed by atoms with Crippen LogP contribution in [0.1, 0.15) is 39.8 Å². The molecule has 1 aliphatic carbocycles. The van der Waals surface area contributed by atoms with E-state index in [-0.39, 0.29) is 23.8 Å². The number of amides is 1. The zero-order valence-electron chi connectivity index (χ0n) is 11.6. The van der Waals surface area contributed by atoms with Crippen molar-refractivity contribution in [2.24, 2.45) is 5.92 Å². The number of nitrogens with two attached hydrogens (primary N) is 1. The fourth-order valence-corrected chi connectivity index (χ4v) is 2.88. The molecule has 4 N–H and O–H groups in total. The smallest absolute Gasteiger partial charge is 0.343 e. The summed E-state index contributed by atoms with van der Waals surface area (Å²) in [5.74, 6) is -0.135. The summed E-state index contributed by atoms with van der Waals surface area (Å²) >= 11 is 1.19. The van der Waals surface area contributed by atoms with Gasteiger partial charge < -0.3 is 21.1 Å². The second-order valence-electron chi connectivity index (χ2n) is 4.67. The van der Waals surface area contributed by atoms with E-state index in [1.54, 1.807) is 6.92 Å². The average molecular weight is 297 g/mol. The maximum Gasteiger partial charge on any atom is 0.343 e. The SMILES string of the molecule is CCOC(=O)c1c(NCC2CC2)sc(C(=O)NC)c1N. The molecule has 2 rings (SSSR count). The molecule has 0 atom stereocenters. The van der Waals surface area contributed by atoms with Gasteiger partial charge in [-0.1, -0.05) is 0 Å². The van der Waals surface area contributed by atoms with Crippen LogP contribution >= 0.6 is 11.3 Å². The molecule has 1 saturated carbocycles. The second-order valence-corrected chi connectivity index (χ2v) is 5.69. The first-order valence-corrected chi connectivity index (χ1v) is 7.45. The van der Waals surface area contributed by atoms with Gasteiger partial charge in [0.05, 0.1) is 12.3 Å². The fourth-order valence-electron chi connectivity index (χ4n) is 1.82. The van der Waals surface area contributed by atoms with E-state index in [1.165, 1.54) is 31.2 Å². The number of carbonyl (C=O) groups excluding carboxylic acids is 2. The topological polar surface area (TPSA) is 93.4 Å². The summed E-state index contributed by atoms with van der Waals surface area (Å²) in [5, 5.41) is 6.35. The van der Waals surface area contributed by atoms with Crippen molar-refractivity contribution < 1.29 is 14.3 Å². The Labute approximate surface area is 121 Å². The van der Waals surface area contributed by atoms with E-state index < -0.39 is 5.97 Å². The molecule has 0 aliphatic heterocycles. The molecule has 1 amide bonds. The molecule has 0 bridgehead atoms. The van der Waals surface area contributed by atoms with Gasteiger partial charge in [0.2, 0.25) is 0 Å². The first-order valence-electron chi connectivity index (χ1n) is 6.63. The van der Waals surface area contributed by atoms with Gasteiger partial charge in [-0.15, -0.1) is 11.3 Å². The van der Waals surface area contributed by atoms with E-state index in [0.29, 0.717) is 15.8 Å². The number of esters is 1. The molecule has 110 valence electrons. The normalized spacial score (nSPS) is 13.9. The van der Waals surface area contributed by atoms with Gasteiger partial charge in [-0.25, -0.2) is 4.79 Å². The van der Waals surface area contributed by atoms with Crippen molar-refractivity contribution in [1.29, 1.82) is 0 Å². The zero-order chi connectivity index (χ0) is 14.7. The number of ether oxygens (including phenoxy) is 1. The molecule has 20 heavy (non-hydrogen) atoms. The lowest BCUT2D eigenvalue weighted by molar-refractivity contribution is 0.0529. The Morgan fingerprint density at radius 1 is 1.45 bits per heavy atom. The van der Waals surface area contributed by atoms with E-state index in [1.807, 2.05) is 0 Å². The van der Waals surface area contributed by atoms with E-state index in [4.69, 9.17) is 10.5 Å². The number of nitrogen functional groups attached to an aromatic ring is 1. The maximum atomic E-state index is 12.0. The number of hydrogen-bond donors (Lipinski definition) is 3. The summed E-state index contributed by atoms with van der Waals surface area (Å²) in [6.45, 7) is 2.79. The largest absolute Gasteiger partial charge is 0.462 e. The molecule has 0 spiro atoms. The van der Waals surface area contributed by atoms with Gasteiger partial charge >= 0.3 is 5.97 Å². The summed E-state index contributed by atoms with van der Waals surface area (Å²) < 4.78 is 5.01. The van der Waals surface area contributed by atoms with E-state index in [2.05, 4.69) is 10.6 Å². The summed E-state index contributed by atoms with van der Waals surface area (Å²) in [5.41, 5.74) is 6.40. The molecule has 1 aliphatic rings. The molecule has 0 radical (unpaired) electrons. The van der Waals surface area contributed by atoms with Crippen LogP contribution in [-0.2, 0) is 4.74 Å². The summed E-state index contributed by atoms with van der Waals surface area (Å²) in [6, 6.07) is 0. The summed E-state index contributed by atoms with van der Waals surface area (Å²) in [4.78, 5) is 24.1. The summed E-state index contributed by atoms with van der Waals surface area (Å²) in [6.07, 6.45) is 2.40. The van der Waals surface area contributed by atoms with Crippen LogP contribution < -0.4 is 16.4 Å². The minimum absolute atomic E-state index is 0.186. The first-order chi connectivity index (χ1) is 9.58. The molecule has 1 aromatic rings. The number of anilines is 2. The Morgan fingerprint density at radius 3 is 2.70 bits per heavy atom. The lowest BCUT2D eigenvalue weighted by Crippen LogP contribution is -2.18. The van der Waals surface area contributed by atoms with Gasteiger partial charge in [0.15, 0.2) is 0 Å². The number of carbonyl (C=O) groups is 2. The van der Waals surface area contributed by atoms with Gasteiger partial charge in [-0.2, -0.15) is 0 Å². The molecule has 6 nitrogen and oxygen atoms in total. The predicted molar refractivity (Wildman–Crippen MR) is 79.3 cm³/mol. The lowest BCUT2D eigenvalue weighted by atomic mass is 10.2. The highest BCUT2D eigenvalue weighted by Gasteiger charge is 2.28. The zero-order valence-corrected chi connectivity index (χ0v) is 12.4. The Kier molecular flexibility index (Phi) is 4.49. The highest BCUT2D eigenvalue weighted by Crippen LogP contribution is 2.38. The standard InChI is InChI=1S/C13H19N3O3S/c1-3-19-13(18)8-9(14)10(11(17)15-2)20-12(8)16-6-7-4-5-7/h7,16H,3-6,14H2,1-2H3,(H,15,17). The maximum absolute atomic E-state index is 12.0. The van der Waals surface area contributed by atoms with Crippen LogP contribution in [0.2, 0.25) is 0 Å². The van der Waals surface area contributed by atoms with Crippen molar-refractivity contribution in [3.05, 3.63) is 10.4 Å². The molecule has 0 saturated heterocycles. The summed E-state index contributed by atoms with van der Waals surface area (Å²) in [7, 11) is 1.53. The van der Waals surface area contributed by atoms with Crippen LogP contribution in [-0.4, -0.2) is 32.1 Å². The van der Waals surface area contributed by atoms with Gasteiger partial charge in [0.25, 0.3) is 5.91 Å². The Balaban J connectivity index is 2.29. The van der Waals surface area contributed by atoms with Crippen LogP contribution in [0, 0.1) is 5.92 Å². The van der Waals surface area contributed by atoms with Gasteiger partial charge in [0, 0.05) is 13.6 Å². The third-order valence-electron chi connectivity index (χ3n) is 3.11. The van der Waals surface area contributed by atoms with E-state index in [9.17, 15) is 9.59 Å². The minimum atomic E-state index is -0.491.